The standard InChI is InChI=1S/C9H8N2O.C2H6O/c1-6-7-4-2-3-5-8(7)9(12)11-10-6;1-2-3/h2-5H,1H3,(H,11,12);3H,2H2,1H3. The Bertz CT molecular complexity index is 491. The SMILES string of the molecule is CCO.Cc1n[nH]c(=O)c2ccccc12. The van der Waals surface area contributed by atoms with Crippen molar-refractivity contribution in [2.45, 2.75) is 13.8 Å². The number of aliphatic hydroxyl groups is 1. The van der Waals surface area contributed by atoms with E-state index in [4.69, 9.17) is 5.11 Å². The third kappa shape index (κ3) is 2.63. The molecule has 0 aliphatic heterocycles. The van der Waals surface area contributed by atoms with Gasteiger partial charge in [0.15, 0.2) is 0 Å². The zero-order valence-corrected chi connectivity index (χ0v) is 8.82. The number of aromatic amines is 1. The lowest BCUT2D eigenvalue weighted by molar-refractivity contribution is 0.318. The van der Waals surface area contributed by atoms with Crippen molar-refractivity contribution in [3.05, 3.63) is 40.3 Å². The summed E-state index contributed by atoms with van der Waals surface area (Å²) in [6, 6.07) is 7.43. The Kier molecular flexibility index (Phi) is 4.00. The predicted octanol–water partition coefficient (Wildman–Crippen LogP) is 1.23. The molecule has 0 amide bonds. The van der Waals surface area contributed by atoms with Crippen LogP contribution in [-0.2, 0) is 0 Å². The summed E-state index contributed by atoms with van der Waals surface area (Å²) in [6.07, 6.45) is 0. The maximum atomic E-state index is 11.2. The van der Waals surface area contributed by atoms with Crippen molar-refractivity contribution in [2.24, 2.45) is 0 Å². The van der Waals surface area contributed by atoms with Crippen LogP contribution in [0.1, 0.15) is 12.6 Å². The number of aromatic nitrogens is 2. The van der Waals surface area contributed by atoms with Gasteiger partial charge in [-0.05, 0) is 19.9 Å². The first-order chi connectivity index (χ1) is 7.20. The third-order valence-electron chi connectivity index (χ3n) is 1.89. The summed E-state index contributed by atoms with van der Waals surface area (Å²) in [4.78, 5) is 11.2. The van der Waals surface area contributed by atoms with Crippen LogP contribution < -0.4 is 5.56 Å². The molecule has 0 radical (unpaired) electrons. The molecule has 0 saturated heterocycles. The van der Waals surface area contributed by atoms with Crippen LogP contribution >= 0.6 is 0 Å². The second kappa shape index (κ2) is 5.26. The fourth-order valence-electron chi connectivity index (χ4n) is 1.25. The highest BCUT2D eigenvalue weighted by molar-refractivity contribution is 5.82. The summed E-state index contributed by atoms with van der Waals surface area (Å²) in [5.41, 5.74) is 0.724. The first-order valence-corrected chi connectivity index (χ1v) is 4.75. The molecule has 15 heavy (non-hydrogen) atoms. The van der Waals surface area contributed by atoms with Gasteiger partial charge in [-0.1, -0.05) is 18.2 Å². The van der Waals surface area contributed by atoms with Crippen molar-refractivity contribution in [1.29, 1.82) is 0 Å². The van der Waals surface area contributed by atoms with E-state index >= 15 is 0 Å². The molecule has 0 saturated carbocycles. The molecule has 4 heteroatoms. The summed E-state index contributed by atoms with van der Waals surface area (Å²) in [5, 5.41) is 15.5. The zero-order valence-electron chi connectivity index (χ0n) is 8.82. The number of nitrogens with one attached hydrogen (secondary N) is 1. The van der Waals surface area contributed by atoms with Gasteiger partial charge in [-0.2, -0.15) is 5.10 Å². The Morgan fingerprint density at radius 1 is 1.33 bits per heavy atom. The molecule has 1 aromatic carbocycles. The second-order valence-electron chi connectivity index (χ2n) is 3.00. The van der Waals surface area contributed by atoms with Crippen molar-refractivity contribution in [1.82, 2.24) is 10.2 Å². The molecule has 0 aliphatic rings. The van der Waals surface area contributed by atoms with Gasteiger partial charge in [0.2, 0.25) is 0 Å². The molecular formula is C11H14N2O2. The molecule has 0 unspecified atom stereocenters. The van der Waals surface area contributed by atoms with Crippen LogP contribution in [0, 0.1) is 6.92 Å². The van der Waals surface area contributed by atoms with Crippen LogP contribution in [0.2, 0.25) is 0 Å². The molecule has 0 aliphatic carbocycles. The first-order valence-electron chi connectivity index (χ1n) is 4.75. The van der Waals surface area contributed by atoms with Crippen LogP contribution in [0.25, 0.3) is 10.8 Å². The van der Waals surface area contributed by atoms with Gasteiger partial charge < -0.3 is 5.11 Å². The molecule has 2 N–H and O–H groups in total. The largest absolute Gasteiger partial charge is 0.397 e. The third-order valence-corrected chi connectivity index (χ3v) is 1.89. The van der Waals surface area contributed by atoms with E-state index in [0.29, 0.717) is 5.39 Å². The summed E-state index contributed by atoms with van der Waals surface area (Å²) in [7, 11) is 0. The van der Waals surface area contributed by atoms with Gasteiger partial charge in [0, 0.05) is 12.0 Å². The van der Waals surface area contributed by atoms with Crippen LogP contribution in [0.4, 0.5) is 0 Å². The number of fused-ring (bicyclic) bond motifs is 1. The van der Waals surface area contributed by atoms with E-state index in [0.717, 1.165) is 11.1 Å². The number of hydrogen-bond acceptors (Lipinski definition) is 3. The number of rotatable bonds is 0. The molecular weight excluding hydrogens is 192 g/mol. The molecule has 4 nitrogen and oxygen atoms in total. The van der Waals surface area contributed by atoms with E-state index in [2.05, 4.69) is 10.2 Å². The van der Waals surface area contributed by atoms with E-state index in [-0.39, 0.29) is 12.2 Å². The van der Waals surface area contributed by atoms with E-state index < -0.39 is 0 Å². The highest BCUT2D eigenvalue weighted by Crippen LogP contribution is 2.09. The lowest BCUT2D eigenvalue weighted by Crippen LogP contribution is -2.09. The normalized spacial score (nSPS) is 9.53. The molecule has 1 heterocycles. The Hall–Kier alpha value is -1.68. The molecule has 2 aromatic rings. The average Bonchev–Trinajstić information content (AvgIpc) is 2.25. The molecule has 0 bridgehead atoms. The van der Waals surface area contributed by atoms with Gasteiger partial charge in [-0.15, -0.1) is 0 Å². The van der Waals surface area contributed by atoms with E-state index in [9.17, 15) is 4.79 Å². The van der Waals surface area contributed by atoms with Gasteiger partial charge in [-0.25, -0.2) is 5.10 Å². The fourth-order valence-corrected chi connectivity index (χ4v) is 1.25. The number of hydrogen-bond donors (Lipinski definition) is 2. The van der Waals surface area contributed by atoms with E-state index in [1.54, 1.807) is 13.0 Å². The van der Waals surface area contributed by atoms with Crippen LogP contribution in [0.5, 0.6) is 0 Å². The Morgan fingerprint density at radius 3 is 2.40 bits per heavy atom. The molecule has 0 fully saturated rings. The smallest absolute Gasteiger partial charge is 0.272 e. The lowest BCUT2D eigenvalue weighted by atomic mass is 10.1. The number of nitrogens with zero attached hydrogens (tertiary/aromatic N) is 1. The Balaban J connectivity index is 0.000000337. The second-order valence-corrected chi connectivity index (χ2v) is 3.00. The van der Waals surface area contributed by atoms with Crippen LogP contribution in [0.3, 0.4) is 0 Å². The maximum absolute atomic E-state index is 11.2. The molecule has 1 aromatic heterocycles. The summed E-state index contributed by atoms with van der Waals surface area (Å²) in [5.74, 6) is 0. The van der Waals surface area contributed by atoms with E-state index in [1.807, 2.05) is 25.1 Å². The van der Waals surface area contributed by atoms with Crippen LogP contribution in [0.15, 0.2) is 29.1 Å². The number of benzene rings is 1. The highest BCUT2D eigenvalue weighted by Gasteiger charge is 1.99. The van der Waals surface area contributed by atoms with Crippen molar-refractivity contribution < 1.29 is 5.11 Å². The number of aryl methyl sites for hydroxylation is 1. The highest BCUT2D eigenvalue weighted by atomic mass is 16.2. The zero-order chi connectivity index (χ0) is 11.3. The minimum Gasteiger partial charge on any atom is -0.397 e. The Morgan fingerprint density at radius 2 is 1.87 bits per heavy atom. The number of H-pyrrole nitrogens is 1. The predicted molar refractivity (Wildman–Crippen MR) is 59.9 cm³/mol. The van der Waals surface area contributed by atoms with Gasteiger partial charge in [0.05, 0.1) is 11.1 Å². The maximum Gasteiger partial charge on any atom is 0.272 e. The van der Waals surface area contributed by atoms with Crippen molar-refractivity contribution in [2.75, 3.05) is 6.61 Å². The van der Waals surface area contributed by atoms with E-state index in [1.165, 1.54) is 0 Å². The number of aliphatic hydroxyl groups excluding tert-OH is 1. The summed E-state index contributed by atoms with van der Waals surface area (Å²) >= 11 is 0. The minimum absolute atomic E-state index is 0.129. The average molecular weight is 206 g/mol. The van der Waals surface area contributed by atoms with Crippen molar-refractivity contribution in [3.63, 3.8) is 0 Å². The van der Waals surface area contributed by atoms with Crippen LogP contribution in [-0.4, -0.2) is 21.9 Å². The molecule has 80 valence electrons. The van der Waals surface area contributed by atoms with Gasteiger partial charge in [-0.3, -0.25) is 4.79 Å². The monoisotopic (exact) mass is 206 g/mol. The molecule has 2 rings (SSSR count). The fraction of sp³-hybridized carbons (Fsp3) is 0.273. The molecule has 0 atom stereocenters. The quantitative estimate of drug-likeness (QED) is 0.681. The summed E-state index contributed by atoms with van der Waals surface area (Å²) < 4.78 is 0. The van der Waals surface area contributed by atoms with Crippen molar-refractivity contribution in [3.8, 4) is 0 Å². The van der Waals surface area contributed by atoms with Gasteiger partial charge >= 0.3 is 0 Å². The topological polar surface area (TPSA) is 66.0 Å². The summed E-state index contributed by atoms with van der Waals surface area (Å²) in [6.45, 7) is 3.80. The van der Waals surface area contributed by atoms with Gasteiger partial charge in [0.1, 0.15) is 0 Å². The minimum atomic E-state index is -0.129. The van der Waals surface area contributed by atoms with Gasteiger partial charge in [0.25, 0.3) is 5.56 Å². The first kappa shape index (κ1) is 11.4. The Labute approximate surface area is 87.6 Å². The van der Waals surface area contributed by atoms with Crippen molar-refractivity contribution >= 4 is 10.8 Å². The lowest BCUT2D eigenvalue weighted by Gasteiger charge is -1.97. The molecule has 0 spiro atoms.